The average Bonchev–Trinajstić information content (AvgIpc) is 2.45. The number of nitrogens with zero attached hydrogens (tertiary/aromatic N) is 3. The highest BCUT2D eigenvalue weighted by molar-refractivity contribution is 5.69. The molecule has 0 radical (unpaired) electrons. The summed E-state index contributed by atoms with van der Waals surface area (Å²) in [4.78, 5) is 8.50. The Morgan fingerprint density at radius 1 is 1.20 bits per heavy atom. The molecular formula is C16H17N3O. The predicted octanol–water partition coefficient (Wildman–Crippen LogP) is 3.46. The van der Waals surface area contributed by atoms with Crippen LogP contribution in [0.4, 0.5) is 0 Å². The van der Waals surface area contributed by atoms with Crippen molar-refractivity contribution in [1.29, 1.82) is 5.26 Å². The van der Waals surface area contributed by atoms with E-state index in [1.54, 1.807) is 20.1 Å². The number of rotatable bonds is 3. The molecule has 1 aromatic carbocycles. The highest BCUT2D eigenvalue weighted by Crippen LogP contribution is 2.32. The smallest absolute Gasteiger partial charge is 0.144 e. The summed E-state index contributed by atoms with van der Waals surface area (Å²) in [5.74, 6) is 1.74. The number of benzene rings is 1. The Morgan fingerprint density at radius 3 is 2.55 bits per heavy atom. The summed E-state index contributed by atoms with van der Waals surface area (Å²) in [6, 6.07) is 9.80. The molecule has 0 saturated carbocycles. The third-order valence-electron chi connectivity index (χ3n) is 3.12. The lowest BCUT2D eigenvalue weighted by Gasteiger charge is -2.12. The van der Waals surface area contributed by atoms with Crippen molar-refractivity contribution >= 4 is 0 Å². The lowest BCUT2D eigenvalue weighted by molar-refractivity contribution is 0.416. The van der Waals surface area contributed by atoms with Crippen LogP contribution in [0.3, 0.4) is 0 Å². The number of ether oxygens (including phenoxy) is 1. The van der Waals surface area contributed by atoms with Crippen LogP contribution in [-0.4, -0.2) is 17.1 Å². The standard InChI is InChI=1S/C16H17N3O/c1-10(2)12-5-6-16(20-4)14(7-12)15-8-13(9-17)18-11(3)19-15/h5-8,10H,1-4H3. The largest absolute Gasteiger partial charge is 0.496 e. The summed E-state index contributed by atoms with van der Waals surface area (Å²) in [6.07, 6.45) is 0. The molecule has 0 amide bonds. The van der Waals surface area contributed by atoms with E-state index in [1.165, 1.54) is 5.56 Å². The Morgan fingerprint density at radius 2 is 1.95 bits per heavy atom. The van der Waals surface area contributed by atoms with Crippen LogP contribution in [0.1, 0.15) is 36.8 Å². The van der Waals surface area contributed by atoms with E-state index in [0.717, 1.165) is 11.3 Å². The molecular weight excluding hydrogens is 250 g/mol. The zero-order valence-corrected chi connectivity index (χ0v) is 12.1. The van der Waals surface area contributed by atoms with Crippen LogP contribution < -0.4 is 4.74 Å². The minimum Gasteiger partial charge on any atom is -0.496 e. The van der Waals surface area contributed by atoms with Crippen molar-refractivity contribution in [3.05, 3.63) is 41.3 Å². The SMILES string of the molecule is COc1ccc(C(C)C)cc1-c1cc(C#N)nc(C)n1. The Hall–Kier alpha value is -2.41. The minimum atomic E-state index is 0.365. The number of nitriles is 1. The third kappa shape index (κ3) is 2.77. The fraction of sp³-hybridized carbons (Fsp3) is 0.312. The molecule has 0 atom stereocenters. The second kappa shape index (κ2) is 5.70. The Labute approximate surface area is 119 Å². The summed E-state index contributed by atoms with van der Waals surface area (Å²) in [5, 5.41) is 9.03. The van der Waals surface area contributed by atoms with Gasteiger partial charge in [-0.3, -0.25) is 0 Å². The molecule has 0 aliphatic heterocycles. The molecule has 20 heavy (non-hydrogen) atoms. The van der Waals surface area contributed by atoms with Crippen LogP contribution in [0.15, 0.2) is 24.3 Å². The third-order valence-corrected chi connectivity index (χ3v) is 3.12. The predicted molar refractivity (Wildman–Crippen MR) is 77.6 cm³/mol. The van der Waals surface area contributed by atoms with Gasteiger partial charge in [-0.05, 0) is 30.5 Å². The van der Waals surface area contributed by atoms with Gasteiger partial charge in [0, 0.05) is 11.6 Å². The summed E-state index contributed by atoms with van der Waals surface area (Å²) in [5.41, 5.74) is 3.18. The van der Waals surface area contributed by atoms with Gasteiger partial charge in [0.15, 0.2) is 0 Å². The molecule has 0 unspecified atom stereocenters. The summed E-state index contributed by atoms with van der Waals surface area (Å²) >= 11 is 0. The molecule has 0 aliphatic carbocycles. The molecule has 0 spiro atoms. The maximum absolute atomic E-state index is 9.03. The Balaban J connectivity index is 2.64. The first-order valence-corrected chi connectivity index (χ1v) is 6.49. The van der Waals surface area contributed by atoms with Crippen LogP contribution >= 0.6 is 0 Å². The molecule has 0 bridgehead atoms. The Bertz CT molecular complexity index is 672. The topological polar surface area (TPSA) is 58.8 Å². The van der Waals surface area contributed by atoms with E-state index in [4.69, 9.17) is 10.00 Å². The van der Waals surface area contributed by atoms with Crippen LogP contribution in [0, 0.1) is 18.3 Å². The van der Waals surface area contributed by atoms with Gasteiger partial charge < -0.3 is 4.74 Å². The van der Waals surface area contributed by atoms with E-state index in [0.29, 0.717) is 23.1 Å². The second-order valence-electron chi connectivity index (χ2n) is 4.91. The molecule has 0 N–H and O–H groups in total. The van der Waals surface area contributed by atoms with Crippen LogP contribution in [0.2, 0.25) is 0 Å². The number of methoxy groups -OCH3 is 1. The van der Waals surface area contributed by atoms with Gasteiger partial charge in [-0.2, -0.15) is 5.26 Å². The van der Waals surface area contributed by atoms with Crippen molar-refractivity contribution in [2.24, 2.45) is 0 Å². The second-order valence-corrected chi connectivity index (χ2v) is 4.91. The van der Waals surface area contributed by atoms with E-state index >= 15 is 0 Å². The van der Waals surface area contributed by atoms with Gasteiger partial charge in [0.2, 0.25) is 0 Å². The quantitative estimate of drug-likeness (QED) is 0.854. The van der Waals surface area contributed by atoms with Crippen molar-refractivity contribution in [1.82, 2.24) is 9.97 Å². The first-order valence-electron chi connectivity index (χ1n) is 6.49. The van der Waals surface area contributed by atoms with Gasteiger partial charge in [-0.15, -0.1) is 0 Å². The van der Waals surface area contributed by atoms with Gasteiger partial charge in [0.05, 0.1) is 12.8 Å². The number of aromatic nitrogens is 2. The summed E-state index contributed by atoms with van der Waals surface area (Å²) in [6.45, 7) is 6.05. The van der Waals surface area contributed by atoms with Crippen molar-refractivity contribution in [3.63, 3.8) is 0 Å². The molecule has 102 valence electrons. The van der Waals surface area contributed by atoms with Gasteiger partial charge in [0.25, 0.3) is 0 Å². The van der Waals surface area contributed by atoms with Crippen molar-refractivity contribution in [2.45, 2.75) is 26.7 Å². The van der Waals surface area contributed by atoms with Gasteiger partial charge >= 0.3 is 0 Å². The fourth-order valence-corrected chi connectivity index (χ4v) is 2.05. The first kappa shape index (κ1) is 14.0. The van der Waals surface area contributed by atoms with E-state index in [2.05, 4.69) is 36.0 Å². The average molecular weight is 267 g/mol. The molecule has 1 aromatic heterocycles. The fourth-order valence-electron chi connectivity index (χ4n) is 2.05. The molecule has 4 nitrogen and oxygen atoms in total. The van der Waals surface area contributed by atoms with Crippen LogP contribution in [0.25, 0.3) is 11.3 Å². The van der Waals surface area contributed by atoms with E-state index in [1.807, 2.05) is 12.1 Å². The van der Waals surface area contributed by atoms with Crippen molar-refractivity contribution in [3.8, 4) is 23.1 Å². The van der Waals surface area contributed by atoms with Gasteiger partial charge in [-0.1, -0.05) is 19.9 Å². The van der Waals surface area contributed by atoms with Crippen molar-refractivity contribution in [2.75, 3.05) is 7.11 Å². The molecule has 0 aliphatic rings. The van der Waals surface area contributed by atoms with Gasteiger partial charge in [-0.25, -0.2) is 9.97 Å². The summed E-state index contributed by atoms with van der Waals surface area (Å²) in [7, 11) is 1.63. The Kier molecular flexibility index (Phi) is 3.99. The molecule has 0 fully saturated rings. The summed E-state index contributed by atoms with van der Waals surface area (Å²) < 4.78 is 5.40. The lowest BCUT2D eigenvalue weighted by Crippen LogP contribution is -1.98. The van der Waals surface area contributed by atoms with Gasteiger partial charge in [0.1, 0.15) is 23.3 Å². The highest BCUT2D eigenvalue weighted by atomic mass is 16.5. The monoisotopic (exact) mass is 267 g/mol. The zero-order valence-electron chi connectivity index (χ0n) is 12.1. The maximum Gasteiger partial charge on any atom is 0.144 e. The molecule has 1 heterocycles. The normalized spacial score (nSPS) is 10.4. The van der Waals surface area contributed by atoms with Crippen LogP contribution in [0.5, 0.6) is 5.75 Å². The number of hydrogen-bond acceptors (Lipinski definition) is 4. The van der Waals surface area contributed by atoms with Crippen LogP contribution in [-0.2, 0) is 0 Å². The minimum absolute atomic E-state index is 0.365. The maximum atomic E-state index is 9.03. The van der Waals surface area contributed by atoms with E-state index in [-0.39, 0.29) is 0 Å². The first-order chi connectivity index (χ1) is 9.55. The van der Waals surface area contributed by atoms with E-state index < -0.39 is 0 Å². The van der Waals surface area contributed by atoms with E-state index in [9.17, 15) is 0 Å². The zero-order chi connectivity index (χ0) is 14.7. The lowest BCUT2D eigenvalue weighted by atomic mass is 9.98. The molecule has 2 rings (SSSR count). The molecule has 4 heteroatoms. The number of aryl methyl sites for hydroxylation is 1. The molecule has 2 aromatic rings. The van der Waals surface area contributed by atoms with Crippen molar-refractivity contribution < 1.29 is 4.74 Å². The number of hydrogen-bond donors (Lipinski definition) is 0. The highest BCUT2D eigenvalue weighted by Gasteiger charge is 2.12. The molecule has 0 saturated heterocycles.